The van der Waals surface area contributed by atoms with Crippen LogP contribution in [-0.2, 0) is 19.3 Å². The number of carbonyl (C=O) groups excluding carboxylic acids is 1. The van der Waals surface area contributed by atoms with Crippen LogP contribution >= 0.6 is 0 Å². The minimum Gasteiger partial charge on any atom is -0.370 e. The maximum Gasteiger partial charge on any atom is 0.253 e. The average Bonchev–Trinajstić information content (AvgIpc) is 3.61. The monoisotopic (exact) mass is 470 g/mol. The molecule has 2 aromatic rings. The van der Waals surface area contributed by atoms with Crippen molar-refractivity contribution < 1.29 is 9.18 Å². The number of hydrogen-bond acceptors (Lipinski definition) is 4. The maximum atomic E-state index is 15.4. The molecule has 2 saturated carbocycles. The van der Waals surface area contributed by atoms with Crippen molar-refractivity contribution in [1.82, 2.24) is 10.3 Å². The number of nitrogens with one attached hydrogen (secondary N) is 1. The van der Waals surface area contributed by atoms with Crippen molar-refractivity contribution in [1.29, 1.82) is 5.26 Å². The fraction of sp³-hybridized carbons (Fsp3) is 0.552. The number of aromatic nitrogens is 1. The van der Waals surface area contributed by atoms with Gasteiger partial charge in [0.2, 0.25) is 0 Å². The minimum absolute atomic E-state index is 0.127. The highest BCUT2D eigenvalue weighted by Gasteiger charge is 2.43. The number of amides is 1. The third-order valence-corrected chi connectivity index (χ3v) is 9.40. The largest absolute Gasteiger partial charge is 0.370 e. The van der Waals surface area contributed by atoms with E-state index in [9.17, 15) is 10.1 Å². The third-order valence-electron chi connectivity index (χ3n) is 9.40. The number of pyridine rings is 1. The van der Waals surface area contributed by atoms with Crippen LogP contribution in [0.3, 0.4) is 0 Å². The molecule has 0 spiro atoms. The fourth-order valence-electron chi connectivity index (χ4n) is 7.50. The summed E-state index contributed by atoms with van der Waals surface area (Å²) in [7, 11) is 0. The van der Waals surface area contributed by atoms with Crippen LogP contribution in [0.4, 0.5) is 10.1 Å². The van der Waals surface area contributed by atoms with Gasteiger partial charge in [-0.15, -0.1) is 0 Å². The molecule has 5 aliphatic rings. The molecule has 1 aromatic carbocycles. The van der Waals surface area contributed by atoms with E-state index in [2.05, 4.69) is 21.3 Å². The molecule has 5 atom stereocenters. The second-order valence-corrected chi connectivity index (χ2v) is 11.6. The Bertz CT molecular complexity index is 1250. The van der Waals surface area contributed by atoms with Gasteiger partial charge in [-0.1, -0.05) is 0 Å². The normalized spacial score (nSPS) is 30.1. The van der Waals surface area contributed by atoms with E-state index in [1.54, 1.807) is 12.3 Å². The van der Waals surface area contributed by atoms with Crippen LogP contribution in [0.5, 0.6) is 0 Å². The van der Waals surface area contributed by atoms with Gasteiger partial charge < -0.3 is 10.2 Å². The van der Waals surface area contributed by atoms with Gasteiger partial charge in [-0.3, -0.25) is 9.78 Å². The molecule has 1 aliphatic heterocycles. The molecule has 5 nitrogen and oxygen atoms in total. The van der Waals surface area contributed by atoms with Gasteiger partial charge in [0.1, 0.15) is 11.9 Å². The summed E-state index contributed by atoms with van der Waals surface area (Å²) in [6.45, 7) is 1.86. The first-order valence-corrected chi connectivity index (χ1v) is 13.4. The first kappa shape index (κ1) is 21.4. The highest BCUT2D eigenvalue weighted by Crippen LogP contribution is 2.54. The molecule has 6 heteroatoms. The highest BCUT2D eigenvalue weighted by atomic mass is 19.1. The van der Waals surface area contributed by atoms with E-state index in [0.29, 0.717) is 53.7 Å². The van der Waals surface area contributed by atoms with Crippen LogP contribution in [0.15, 0.2) is 18.3 Å². The summed E-state index contributed by atoms with van der Waals surface area (Å²) < 4.78 is 15.4. The summed E-state index contributed by atoms with van der Waals surface area (Å²) in [6.07, 6.45) is 10.7. The summed E-state index contributed by atoms with van der Waals surface area (Å²) in [5, 5.41) is 13.2. The molecule has 35 heavy (non-hydrogen) atoms. The SMILES string of the molecule is N#Cc1c(N2CC3CCC(C3)C2)cc(F)c2c1CC[C@@H](NC(=O)c1cnc3c(c1)[C@@H]1C[C@@H]1CC3)C2. The van der Waals surface area contributed by atoms with Crippen LogP contribution in [0, 0.1) is 34.9 Å². The Balaban J connectivity index is 1.11. The number of aryl methyl sites for hydroxylation is 1. The number of benzene rings is 1. The Morgan fingerprint density at radius 3 is 2.71 bits per heavy atom. The van der Waals surface area contributed by atoms with Crippen molar-refractivity contribution in [2.24, 2.45) is 17.8 Å². The molecule has 180 valence electrons. The Morgan fingerprint density at radius 2 is 1.91 bits per heavy atom. The number of carbonyl (C=O) groups is 1. The molecule has 0 radical (unpaired) electrons. The van der Waals surface area contributed by atoms with E-state index in [1.807, 2.05) is 6.07 Å². The van der Waals surface area contributed by atoms with Gasteiger partial charge in [0.05, 0.1) is 16.8 Å². The number of piperidine rings is 1. The van der Waals surface area contributed by atoms with Crippen molar-refractivity contribution in [3.63, 3.8) is 0 Å². The summed E-state index contributed by atoms with van der Waals surface area (Å²) >= 11 is 0. The van der Waals surface area contributed by atoms with Crippen LogP contribution in [0.2, 0.25) is 0 Å². The standard InChI is InChI=1S/C29H31FN4O/c30-26-11-28(34-14-16-1-2-17(7-16)15-34)25(12-31)21-5-4-20(10-23(21)26)33-29(35)19-9-24-22-8-18(22)3-6-27(24)32-13-19/h9,11,13,16-18,20,22H,1-8,10,14-15H2,(H,33,35)/t16?,17?,18-,20+,22+/m0/s1. The Morgan fingerprint density at radius 1 is 1.09 bits per heavy atom. The van der Waals surface area contributed by atoms with Crippen LogP contribution < -0.4 is 10.2 Å². The molecule has 4 aliphatic carbocycles. The topological polar surface area (TPSA) is 69.0 Å². The summed E-state index contributed by atoms with van der Waals surface area (Å²) in [5.74, 6) is 2.34. The number of anilines is 1. The minimum atomic E-state index is -0.235. The van der Waals surface area contributed by atoms with Crippen molar-refractivity contribution >= 4 is 11.6 Å². The van der Waals surface area contributed by atoms with Gasteiger partial charge in [-0.2, -0.15) is 5.26 Å². The lowest BCUT2D eigenvalue weighted by Crippen LogP contribution is -2.40. The smallest absolute Gasteiger partial charge is 0.253 e. The third kappa shape index (κ3) is 3.63. The predicted molar refractivity (Wildman–Crippen MR) is 131 cm³/mol. The van der Waals surface area contributed by atoms with Crippen molar-refractivity contribution in [3.8, 4) is 6.07 Å². The number of fused-ring (bicyclic) bond motifs is 6. The molecule has 2 bridgehead atoms. The molecule has 1 aromatic heterocycles. The molecule has 7 rings (SSSR count). The average molecular weight is 471 g/mol. The zero-order valence-corrected chi connectivity index (χ0v) is 20.0. The van der Waals surface area contributed by atoms with Gasteiger partial charge in [-0.05, 0) is 110 Å². The van der Waals surface area contributed by atoms with Gasteiger partial charge >= 0.3 is 0 Å². The van der Waals surface area contributed by atoms with Gasteiger partial charge in [0.25, 0.3) is 5.91 Å². The Labute approximate surface area is 205 Å². The molecule has 2 unspecified atom stereocenters. The zero-order valence-electron chi connectivity index (χ0n) is 20.0. The molecular weight excluding hydrogens is 439 g/mol. The number of rotatable bonds is 3. The summed E-state index contributed by atoms with van der Waals surface area (Å²) in [4.78, 5) is 19.9. The van der Waals surface area contributed by atoms with Gasteiger partial charge in [0, 0.05) is 31.0 Å². The Kier molecular flexibility index (Phi) is 4.91. The van der Waals surface area contributed by atoms with E-state index >= 15 is 4.39 Å². The fourth-order valence-corrected chi connectivity index (χ4v) is 7.50. The van der Waals surface area contributed by atoms with Crippen molar-refractivity contribution in [2.75, 3.05) is 18.0 Å². The zero-order chi connectivity index (χ0) is 23.7. The van der Waals surface area contributed by atoms with Gasteiger partial charge in [-0.25, -0.2) is 4.39 Å². The summed E-state index contributed by atoms with van der Waals surface area (Å²) in [6, 6.07) is 5.89. The first-order chi connectivity index (χ1) is 17.1. The van der Waals surface area contributed by atoms with E-state index in [-0.39, 0.29) is 17.8 Å². The van der Waals surface area contributed by atoms with Crippen molar-refractivity contribution in [3.05, 3.63) is 57.7 Å². The predicted octanol–water partition coefficient (Wildman–Crippen LogP) is 4.67. The lowest BCUT2D eigenvalue weighted by atomic mass is 9.83. The lowest BCUT2D eigenvalue weighted by Gasteiger charge is -2.36. The van der Waals surface area contributed by atoms with E-state index in [0.717, 1.165) is 42.4 Å². The van der Waals surface area contributed by atoms with E-state index in [4.69, 9.17) is 0 Å². The van der Waals surface area contributed by atoms with Crippen molar-refractivity contribution in [2.45, 2.75) is 69.7 Å². The van der Waals surface area contributed by atoms with Crippen LogP contribution in [0.1, 0.15) is 82.7 Å². The second kappa shape index (κ2) is 8.05. The van der Waals surface area contributed by atoms with Crippen LogP contribution in [0.25, 0.3) is 0 Å². The highest BCUT2D eigenvalue weighted by molar-refractivity contribution is 5.94. The quantitative estimate of drug-likeness (QED) is 0.708. The number of hydrogen-bond donors (Lipinski definition) is 1. The first-order valence-electron chi connectivity index (χ1n) is 13.4. The maximum absolute atomic E-state index is 15.4. The number of nitriles is 1. The molecule has 1 saturated heterocycles. The molecule has 3 fully saturated rings. The van der Waals surface area contributed by atoms with Gasteiger partial charge in [0.15, 0.2) is 0 Å². The number of nitrogens with zero attached hydrogens (tertiary/aromatic N) is 3. The van der Waals surface area contributed by atoms with E-state index in [1.165, 1.54) is 37.7 Å². The Hall–Kier alpha value is -2.94. The molecular formula is C29H31FN4O. The molecule has 1 amide bonds. The molecule has 1 N–H and O–H groups in total. The molecule has 2 heterocycles. The second-order valence-electron chi connectivity index (χ2n) is 11.6. The number of halogens is 1. The lowest BCUT2D eigenvalue weighted by molar-refractivity contribution is 0.0932. The van der Waals surface area contributed by atoms with Crippen LogP contribution in [-0.4, -0.2) is 30.0 Å². The summed E-state index contributed by atoms with van der Waals surface area (Å²) in [5.41, 5.74) is 5.89. The van der Waals surface area contributed by atoms with E-state index < -0.39 is 0 Å².